The lowest BCUT2D eigenvalue weighted by molar-refractivity contribution is 0.424. The molecule has 0 atom stereocenters. The fourth-order valence-corrected chi connectivity index (χ4v) is 2.12. The van der Waals surface area contributed by atoms with Gasteiger partial charge < -0.3 is 9.42 Å². The minimum Gasteiger partial charge on any atom is -0.356 e. The zero-order chi connectivity index (χ0) is 16.5. The summed E-state index contributed by atoms with van der Waals surface area (Å²) in [6.45, 7) is 1.93. The molecule has 0 spiro atoms. The summed E-state index contributed by atoms with van der Waals surface area (Å²) in [5.74, 6) is 1.01. The van der Waals surface area contributed by atoms with Gasteiger partial charge in [-0.25, -0.2) is 18.4 Å². The van der Waals surface area contributed by atoms with Gasteiger partial charge in [0.2, 0.25) is 16.0 Å². The maximum absolute atomic E-state index is 11.6. The van der Waals surface area contributed by atoms with Gasteiger partial charge in [-0.3, -0.25) is 0 Å². The second-order valence-corrected chi connectivity index (χ2v) is 7.37. The van der Waals surface area contributed by atoms with Crippen molar-refractivity contribution in [1.82, 2.24) is 19.4 Å². The maximum atomic E-state index is 11.6. The topological polar surface area (TPSA) is 92.4 Å². The lowest BCUT2D eigenvalue weighted by Gasteiger charge is -2.17. The molecule has 0 amide bonds. The molecule has 2 aromatic heterocycles. The van der Waals surface area contributed by atoms with Gasteiger partial charge in [0.25, 0.3) is 0 Å². The van der Waals surface area contributed by atoms with Crippen LogP contribution in [0.4, 0.5) is 5.95 Å². The predicted octanol–water partition coefficient (Wildman–Crippen LogP) is 0.897. The Morgan fingerprint density at radius 3 is 2.45 bits per heavy atom. The van der Waals surface area contributed by atoms with Crippen LogP contribution < -0.4 is 4.90 Å². The molecule has 0 saturated carbocycles. The van der Waals surface area contributed by atoms with E-state index in [9.17, 15) is 8.42 Å². The summed E-state index contributed by atoms with van der Waals surface area (Å²) in [5, 5.41) is 3.85. The van der Waals surface area contributed by atoms with Crippen LogP contribution in [0.3, 0.4) is 0 Å². The van der Waals surface area contributed by atoms with Gasteiger partial charge in [-0.2, -0.15) is 4.31 Å². The molecule has 0 bridgehead atoms. The Morgan fingerprint density at radius 2 is 1.95 bits per heavy atom. The molecule has 2 aromatic rings. The molecule has 0 fully saturated rings. The third-order valence-electron chi connectivity index (χ3n) is 3.09. The van der Waals surface area contributed by atoms with Crippen molar-refractivity contribution in [2.75, 3.05) is 32.3 Å². The van der Waals surface area contributed by atoms with Crippen molar-refractivity contribution in [1.29, 1.82) is 0 Å². The van der Waals surface area contributed by atoms with E-state index in [2.05, 4.69) is 15.1 Å². The van der Waals surface area contributed by atoms with E-state index in [0.29, 0.717) is 23.0 Å². The second kappa shape index (κ2) is 6.01. The van der Waals surface area contributed by atoms with Crippen molar-refractivity contribution in [2.24, 2.45) is 0 Å². The third-order valence-corrected chi connectivity index (χ3v) is 4.35. The first kappa shape index (κ1) is 16.4. The Hall–Kier alpha value is -2.00. The van der Waals surface area contributed by atoms with Crippen LogP contribution in [0.5, 0.6) is 0 Å². The molecule has 0 aliphatic rings. The van der Waals surface area contributed by atoms with Gasteiger partial charge in [0.1, 0.15) is 0 Å². The standard InChI is InChI=1S/C13H19N5O3S/c1-9-6-12(21-16-9)10-7-14-13(17(2)3)15-11(10)8-18(4)22(5,19)20/h6-7H,8H2,1-5H3. The highest BCUT2D eigenvalue weighted by Gasteiger charge is 2.19. The number of aryl methyl sites for hydroxylation is 1. The average Bonchev–Trinajstić information content (AvgIpc) is 2.84. The van der Waals surface area contributed by atoms with E-state index >= 15 is 0 Å². The fourth-order valence-electron chi connectivity index (χ4n) is 1.77. The normalized spacial score (nSPS) is 11.9. The molecule has 120 valence electrons. The second-order valence-electron chi connectivity index (χ2n) is 5.28. The first-order valence-corrected chi connectivity index (χ1v) is 8.41. The van der Waals surface area contributed by atoms with Crippen molar-refractivity contribution in [3.05, 3.63) is 23.7 Å². The lowest BCUT2D eigenvalue weighted by atomic mass is 10.1. The summed E-state index contributed by atoms with van der Waals surface area (Å²) in [4.78, 5) is 10.4. The Balaban J connectivity index is 2.49. The average molecular weight is 325 g/mol. The van der Waals surface area contributed by atoms with Crippen molar-refractivity contribution in [3.8, 4) is 11.3 Å². The molecule has 0 aliphatic heterocycles. The molecule has 2 rings (SSSR count). The van der Waals surface area contributed by atoms with Crippen molar-refractivity contribution < 1.29 is 12.9 Å². The highest BCUT2D eigenvalue weighted by atomic mass is 32.2. The fraction of sp³-hybridized carbons (Fsp3) is 0.462. The van der Waals surface area contributed by atoms with Crippen LogP contribution in [0.2, 0.25) is 0 Å². The molecule has 0 radical (unpaired) electrons. The summed E-state index contributed by atoms with van der Waals surface area (Å²) >= 11 is 0. The van der Waals surface area contributed by atoms with Crippen LogP contribution in [0.15, 0.2) is 16.8 Å². The monoisotopic (exact) mass is 325 g/mol. The van der Waals surface area contributed by atoms with E-state index in [1.165, 1.54) is 11.4 Å². The van der Waals surface area contributed by atoms with Crippen molar-refractivity contribution >= 4 is 16.0 Å². The maximum Gasteiger partial charge on any atom is 0.225 e. The minimum absolute atomic E-state index is 0.122. The van der Waals surface area contributed by atoms with Gasteiger partial charge >= 0.3 is 0 Å². The Kier molecular flexibility index (Phi) is 4.47. The molecule has 8 nitrogen and oxygen atoms in total. The summed E-state index contributed by atoms with van der Waals surface area (Å²) in [7, 11) is 1.82. The molecule has 0 unspecified atom stereocenters. The number of hydrogen-bond acceptors (Lipinski definition) is 7. The number of nitrogens with zero attached hydrogens (tertiary/aromatic N) is 5. The Morgan fingerprint density at radius 1 is 1.27 bits per heavy atom. The largest absolute Gasteiger partial charge is 0.356 e. The van der Waals surface area contributed by atoms with Crippen molar-refractivity contribution in [2.45, 2.75) is 13.5 Å². The Labute approximate surface area is 129 Å². The number of sulfonamides is 1. The van der Waals surface area contributed by atoms with E-state index in [0.717, 1.165) is 11.9 Å². The molecule has 2 heterocycles. The van der Waals surface area contributed by atoms with Crippen molar-refractivity contribution in [3.63, 3.8) is 0 Å². The first-order valence-electron chi connectivity index (χ1n) is 6.56. The molecule has 22 heavy (non-hydrogen) atoms. The number of rotatable bonds is 5. The van der Waals surface area contributed by atoms with E-state index in [1.807, 2.05) is 21.0 Å². The lowest BCUT2D eigenvalue weighted by Crippen LogP contribution is -2.26. The molecule has 9 heteroatoms. The number of anilines is 1. The molecular weight excluding hydrogens is 306 g/mol. The first-order chi connectivity index (χ1) is 10.2. The van der Waals surface area contributed by atoms with Gasteiger partial charge in [0.15, 0.2) is 5.76 Å². The summed E-state index contributed by atoms with van der Waals surface area (Å²) < 4.78 is 29.8. The summed E-state index contributed by atoms with van der Waals surface area (Å²) in [5.41, 5.74) is 1.92. The van der Waals surface area contributed by atoms with Gasteiger partial charge in [-0.05, 0) is 6.92 Å². The quantitative estimate of drug-likeness (QED) is 0.806. The van der Waals surface area contributed by atoms with Crippen LogP contribution in [0.1, 0.15) is 11.4 Å². The molecule has 0 aromatic carbocycles. The highest BCUT2D eigenvalue weighted by molar-refractivity contribution is 7.88. The summed E-state index contributed by atoms with van der Waals surface area (Å²) in [6.07, 6.45) is 2.77. The van der Waals surface area contributed by atoms with E-state index in [-0.39, 0.29) is 6.54 Å². The molecule has 0 saturated heterocycles. The number of aromatic nitrogens is 3. The Bertz CT molecular complexity index is 770. The van der Waals surface area contributed by atoms with Gasteiger partial charge in [0.05, 0.1) is 29.8 Å². The van der Waals surface area contributed by atoms with Crippen LogP contribution >= 0.6 is 0 Å². The van der Waals surface area contributed by atoms with E-state index < -0.39 is 10.0 Å². The smallest absolute Gasteiger partial charge is 0.225 e. The predicted molar refractivity (Wildman–Crippen MR) is 82.9 cm³/mol. The van der Waals surface area contributed by atoms with Gasteiger partial charge in [-0.15, -0.1) is 0 Å². The minimum atomic E-state index is -3.31. The molecule has 0 N–H and O–H groups in total. The highest BCUT2D eigenvalue weighted by Crippen LogP contribution is 2.25. The van der Waals surface area contributed by atoms with Gasteiger partial charge in [0, 0.05) is 33.4 Å². The van der Waals surface area contributed by atoms with Crippen LogP contribution in [-0.4, -0.2) is 55.2 Å². The van der Waals surface area contributed by atoms with Crippen LogP contribution in [-0.2, 0) is 16.6 Å². The zero-order valence-electron chi connectivity index (χ0n) is 13.2. The molecule has 0 aliphatic carbocycles. The summed E-state index contributed by atoms with van der Waals surface area (Å²) in [6, 6.07) is 1.76. The van der Waals surface area contributed by atoms with Crippen LogP contribution in [0.25, 0.3) is 11.3 Å². The SMILES string of the molecule is Cc1cc(-c2cnc(N(C)C)nc2CN(C)S(C)(=O)=O)on1. The van der Waals surface area contributed by atoms with Gasteiger partial charge in [-0.1, -0.05) is 5.16 Å². The third kappa shape index (κ3) is 3.60. The molecular formula is C13H19N5O3S. The van der Waals surface area contributed by atoms with Crippen LogP contribution in [0, 0.1) is 6.92 Å². The van der Waals surface area contributed by atoms with E-state index in [4.69, 9.17) is 4.52 Å². The number of hydrogen-bond donors (Lipinski definition) is 0. The zero-order valence-corrected chi connectivity index (χ0v) is 14.0. The van der Waals surface area contributed by atoms with E-state index in [1.54, 1.807) is 17.2 Å².